The normalized spacial score (nSPS) is 11.0. The number of carbonyl (C=O) groups is 1. The molecule has 2 amide bonds. The first-order valence-corrected chi connectivity index (χ1v) is 12.0. The predicted octanol–water partition coefficient (Wildman–Crippen LogP) is 5.12. The number of nitrogens with one attached hydrogen (secondary N) is 1. The summed E-state index contributed by atoms with van der Waals surface area (Å²) >= 11 is 6.49. The molecule has 0 radical (unpaired) electrons. The number of halogens is 1. The van der Waals surface area contributed by atoms with Crippen molar-refractivity contribution in [1.29, 1.82) is 0 Å². The van der Waals surface area contributed by atoms with Crippen LogP contribution in [0.5, 0.6) is 5.75 Å². The standard InChI is InChI=1S/C26H29ClN6O2/c1-5-33(6-2)26(34)29-14-18-13-28-15-22(27)21(18)16-35-24-9-7-8-19-20(12-17(3)31-25(19)24)23-10-11-30-32(23)4/h7-13,15H,5-6,14,16H2,1-4H3,(H,29,34). The summed E-state index contributed by atoms with van der Waals surface area (Å²) in [6, 6.07) is 9.80. The number of carbonyl (C=O) groups excluding carboxylic acids is 1. The van der Waals surface area contributed by atoms with E-state index in [-0.39, 0.29) is 12.6 Å². The molecule has 0 unspecified atom stereocenters. The minimum absolute atomic E-state index is 0.127. The summed E-state index contributed by atoms with van der Waals surface area (Å²) in [5.74, 6) is 0.653. The highest BCUT2D eigenvalue weighted by molar-refractivity contribution is 6.31. The second kappa shape index (κ2) is 10.7. The lowest BCUT2D eigenvalue weighted by molar-refractivity contribution is 0.202. The Bertz CT molecular complexity index is 1350. The van der Waals surface area contributed by atoms with Crippen molar-refractivity contribution in [3.8, 4) is 17.0 Å². The van der Waals surface area contributed by atoms with Crippen LogP contribution in [0.3, 0.4) is 0 Å². The average molecular weight is 493 g/mol. The fourth-order valence-corrected chi connectivity index (χ4v) is 4.31. The van der Waals surface area contributed by atoms with Crippen LogP contribution in [0, 0.1) is 6.92 Å². The molecule has 35 heavy (non-hydrogen) atoms. The van der Waals surface area contributed by atoms with Crippen LogP contribution < -0.4 is 10.1 Å². The molecular formula is C26H29ClN6O2. The molecule has 0 saturated carbocycles. The predicted molar refractivity (Wildman–Crippen MR) is 137 cm³/mol. The van der Waals surface area contributed by atoms with Gasteiger partial charge in [0.05, 0.1) is 10.7 Å². The molecule has 0 saturated heterocycles. The molecule has 0 bridgehead atoms. The number of ether oxygens (including phenoxy) is 1. The van der Waals surface area contributed by atoms with Gasteiger partial charge in [0.15, 0.2) is 0 Å². The zero-order valence-corrected chi connectivity index (χ0v) is 21.1. The first-order chi connectivity index (χ1) is 16.9. The number of pyridine rings is 2. The van der Waals surface area contributed by atoms with Crippen molar-refractivity contribution in [3.63, 3.8) is 0 Å². The Labute approximate surface area is 209 Å². The van der Waals surface area contributed by atoms with E-state index >= 15 is 0 Å². The molecule has 4 aromatic rings. The van der Waals surface area contributed by atoms with Gasteiger partial charge in [0.2, 0.25) is 0 Å². The fourth-order valence-electron chi connectivity index (χ4n) is 4.08. The Kier molecular flexibility index (Phi) is 7.51. The van der Waals surface area contributed by atoms with Gasteiger partial charge in [0.25, 0.3) is 0 Å². The zero-order chi connectivity index (χ0) is 24.9. The van der Waals surface area contributed by atoms with Crippen LogP contribution in [0.2, 0.25) is 5.02 Å². The van der Waals surface area contributed by atoms with Crippen LogP contribution in [0.15, 0.2) is 48.9 Å². The van der Waals surface area contributed by atoms with Gasteiger partial charge in [-0.2, -0.15) is 5.10 Å². The Balaban J connectivity index is 1.61. The van der Waals surface area contributed by atoms with Gasteiger partial charge in [-0.3, -0.25) is 9.67 Å². The molecule has 3 heterocycles. The number of fused-ring (bicyclic) bond motifs is 1. The van der Waals surface area contributed by atoms with Crippen LogP contribution in [0.1, 0.15) is 30.7 Å². The maximum absolute atomic E-state index is 12.4. The van der Waals surface area contributed by atoms with Crippen molar-refractivity contribution in [2.75, 3.05) is 13.1 Å². The number of para-hydroxylation sites is 1. The second-order valence-corrected chi connectivity index (χ2v) is 8.59. The molecule has 0 aliphatic heterocycles. The quantitative estimate of drug-likeness (QED) is 0.369. The molecule has 9 heteroatoms. The first-order valence-electron chi connectivity index (χ1n) is 11.6. The van der Waals surface area contributed by atoms with E-state index in [4.69, 9.17) is 21.3 Å². The summed E-state index contributed by atoms with van der Waals surface area (Å²) in [5, 5.41) is 8.72. The van der Waals surface area contributed by atoms with E-state index in [1.54, 1.807) is 23.5 Å². The van der Waals surface area contributed by atoms with Crippen LogP contribution in [-0.2, 0) is 20.2 Å². The topological polar surface area (TPSA) is 85.2 Å². The number of rotatable bonds is 8. The lowest BCUT2D eigenvalue weighted by Crippen LogP contribution is -2.39. The summed E-state index contributed by atoms with van der Waals surface area (Å²) in [4.78, 5) is 23.1. The van der Waals surface area contributed by atoms with Crippen molar-refractivity contribution in [1.82, 2.24) is 30.0 Å². The Morgan fingerprint density at radius 3 is 2.71 bits per heavy atom. The van der Waals surface area contributed by atoms with Crippen LogP contribution in [-0.4, -0.2) is 43.8 Å². The van der Waals surface area contributed by atoms with E-state index in [9.17, 15) is 4.79 Å². The lowest BCUT2D eigenvalue weighted by atomic mass is 10.0. The molecule has 3 aromatic heterocycles. The summed E-state index contributed by atoms with van der Waals surface area (Å²) in [6.45, 7) is 7.66. The molecule has 1 N–H and O–H groups in total. The number of nitrogens with zero attached hydrogens (tertiary/aromatic N) is 5. The molecule has 0 fully saturated rings. The van der Waals surface area contributed by atoms with Gasteiger partial charge in [-0.1, -0.05) is 23.7 Å². The van der Waals surface area contributed by atoms with Gasteiger partial charge in [-0.05, 0) is 44.5 Å². The van der Waals surface area contributed by atoms with Crippen molar-refractivity contribution in [2.45, 2.75) is 33.9 Å². The molecule has 8 nitrogen and oxygen atoms in total. The first kappa shape index (κ1) is 24.5. The van der Waals surface area contributed by atoms with E-state index in [1.807, 2.05) is 56.8 Å². The van der Waals surface area contributed by atoms with Gasteiger partial charge >= 0.3 is 6.03 Å². The third kappa shape index (κ3) is 5.22. The van der Waals surface area contributed by atoms with E-state index in [2.05, 4.69) is 21.5 Å². The average Bonchev–Trinajstić information content (AvgIpc) is 3.28. The molecule has 182 valence electrons. The van der Waals surface area contributed by atoms with E-state index in [0.717, 1.165) is 39.0 Å². The second-order valence-electron chi connectivity index (χ2n) is 8.18. The highest BCUT2D eigenvalue weighted by Crippen LogP contribution is 2.33. The van der Waals surface area contributed by atoms with Crippen molar-refractivity contribution >= 4 is 28.5 Å². The lowest BCUT2D eigenvalue weighted by Gasteiger charge is -2.20. The van der Waals surface area contributed by atoms with Gasteiger partial charge in [0.1, 0.15) is 17.9 Å². The van der Waals surface area contributed by atoms with E-state index in [1.165, 1.54) is 0 Å². The maximum atomic E-state index is 12.4. The van der Waals surface area contributed by atoms with Crippen LogP contribution in [0.4, 0.5) is 4.79 Å². The molecule has 4 rings (SSSR count). The number of benzene rings is 1. The highest BCUT2D eigenvalue weighted by Gasteiger charge is 2.16. The Hall–Kier alpha value is -3.65. The number of aromatic nitrogens is 4. The minimum Gasteiger partial charge on any atom is -0.487 e. The van der Waals surface area contributed by atoms with Gasteiger partial charge in [-0.15, -0.1) is 0 Å². The van der Waals surface area contributed by atoms with Gasteiger partial charge < -0.3 is 15.0 Å². The molecule has 0 atom stereocenters. The minimum atomic E-state index is -0.127. The largest absolute Gasteiger partial charge is 0.487 e. The zero-order valence-electron chi connectivity index (χ0n) is 20.4. The summed E-state index contributed by atoms with van der Waals surface area (Å²) in [7, 11) is 1.92. The number of hydrogen-bond donors (Lipinski definition) is 1. The smallest absolute Gasteiger partial charge is 0.317 e. The van der Waals surface area contributed by atoms with Gasteiger partial charge in [-0.25, -0.2) is 9.78 Å². The van der Waals surface area contributed by atoms with Crippen molar-refractivity contribution in [2.24, 2.45) is 7.05 Å². The molecule has 0 spiro atoms. The monoisotopic (exact) mass is 492 g/mol. The van der Waals surface area contributed by atoms with Crippen LogP contribution in [0.25, 0.3) is 22.2 Å². The summed E-state index contributed by atoms with van der Waals surface area (Å²) < 4.78 is 8.11. The van der Waals surface area contributed by atoms with Gasteiger partial charge in [0, 0.05) is 67.5 Å². The number of urea groups is 1. The maximum Gasteiger partial charge on any atom is 0.317 e. The number of aryl methyl sites for hydroxylation is 2. The Morgan fingerprint density at radius 2 is 2.00 bits per heavy atom. The molecule has 1 aromatic carbocycles. The SMILES string of the molecule is CCN(CC)C(=O)NCc1cncc(Cl)c1COc1cccc2c(-c3ccnn3C)cc(C)nc12. The third-order valence-corrected chi connectivity index (χ3v) is 6.30. The number of amides is 2. The summed E-state index contributed by atoms with van der Waals surface area (Å²) in [6.07, 6.45) is 5.07. The van der Waals surface area contributed by atoms with Crippen LogP contribution >= 0.6 is 11.6 Å². The van der Waals surface area contributed by atoms with Crippen molar-refractivity contribution in [3.05, 3.63) is 70.8 Å². The van der Waals surface area contributed by atoms with E-state index in [0.29, 0.717) is 30.4 Å². The Morgan fingerprint density at radius 1 is 1.20 bits per heavy atom. The number of hydrogen-bond acceptors (Lipinski definition) is 5. The summed E-state index contributed by atoms with van der Waals surface area (Å²) in [5.41, 5.74) is 5.27. The van der Waals surface area contributed by atoms with E-state index < -0.39 is 0 Å². The highest BCUT2D eigenvalue weighted by atomic mass is 35.5. The van der Waals surface area contributed by atoms with Crippen molar-refractivity contribution < 1.29 is 9.53 Å². The molecule has 0 aliphatic carbocycles. The molecule has 0 aliphatic rings. The molecular weight excluding hydrogens is 464 g/mol. The fraction of sp³-hybridized carbons (Fsp3) is 0.308. The third-order valence-electron chi connectivity index (χ3n) is 5.97.